The van der Waals surface area contributed by atoms with E-state index in [-0.39, 0.29) is 0 Å². The summed E-state index contributed by atoms with van der Waals surface area (Å²) in [5.41, 5.74) is 3.26. The summed E-state index contributed by atoms with van der Waals surface area (Å²) in [5.74, 6) is 2.07. The highest BCUT2D eigenvalue weighted by atomic mass is 16.5. The Hall–Kier alpha value is -2.67. The van der Waals surface area contributed by atoms with E-state index in [4.69, 9.17) is 15.1 Å². The molecule has 0 bridgehead atoms. The van der Waals surface area contributed by atoms with E-state index in [1.807, 2.05) is 12.1 Å². The van der Waals surface area contributed by atoms with Crippen LogP contribution >= 0.6 is 0 Å². The number of aromatic nitrogens is 2. The number of ether oxygens (including phenoxy) is 1. The van der Waals surface area contributed by atoms with Crippen molar-refractivity contribution in [3.63, 3.8) is 0 Å². The summed E-state index contributed by atoms with van der Waals surface area (Å²) in [6.07, 6.45) is 10.5. The SMILES string of the molecule is CCCCNc1ncc(C(=N)c2ccc(N3CCOCC3)cc2)c(NCC2CCCCC2)n1. The number of anilines is 3. The molecule has 0 amide bonds. The minimum Gasteiger partial charge on any atom is -0.378 e. The van der Waals surface area contributed by atoms with Crippen molar-refractivity contribution in [2.75, 3.05) is 54.9 Å². The van der Waals surface area contributed by atoms with Gasteiger partial charge in [-0.1, -0.05) is 44.7 Å². The van der Waals surface area contributed by atoms with Crippen molar-refractivity contribution in [3.8, 4) is 0 Å². The molecule has 7 heteroatoms. The number of unbranched alkanes of at least 4 members (excludes halogenated alkanes) is 1. The second kappa shape index (κ2) is 12.0. The summed E-state index contributed by atoms with van der Waals surface area (Å²) in [5, 5.41) is 15.8. The molecular formula is C26H38N6O. The van der Waals surface area contributed by atoms with Crippen LogP contribution in [0.25, 0.3) is 0 Å². The molecule has 1 aromatic heterocycles. The van der Waals surface area contributed by atoms with E-state index in [1.54, 1.807) is 6.20 Å². The second-order valence-corrected chi connectivity index (χ2v) is 9.14. The first-order valence-corrected chi connectivity index (χ1v) is 12.6. The molecule has 1 saturated carbocycles. The molecule has 2 heterocycles. The Morgan fingerprint density at radius 3 is 2.58 bits per heavy atom. The quantitative estimate of drug-likeness (QED) is 0.351. The molecule has 0 spiro atoms. The summed E-state index contributed by atoms with van der Waals surface area (Å²) in [4.78, 5) is 11.6. The van der Waals surface area contributed by atoms with Gasteiger partial charge in [0.25, 0.3) is 0 Å². The Balaban J connectivity index is 1.50. The van der Waals surface area contributed by atoms with Crippen LogP contribution < -0.4 is 15.5 Å². The highest BCUT2D eigenvalue weighted by molar-refractivity contribution is 6.13. The number of hydrogen-bond donors (Lipinski definition) is 3. The van der Waals surface area contributed by atoms with E-state index >= 15 is 0 Å². The largest absolute Gasteiger partial charge is 0.378 e. The number of hydrogen-bond acceptors (Lipinski definition) is 7. The first-order chi connectivity index (χ1) is 16.2. The van der Waals surface area contributed by atoms with Gasteiger partial charge in [-0.25, -0.2) is 4.98 Å². The molecule has 0 atom stereocenters. The van der Waals surface area contributed by atoms with Gasteiger partial charge in [-0.3, -0.25) is 5.41 Å². The van der Waals surface area contributed by atoms with Crippen molar-refractivity contribution in [1.82, 2.24) is 9.97 Å². The zero-order chi connectivity index (χ0) is 22.9. The van der Waals surface area contributed by atoms with E-state index in [0.29, 0.717) is 17.6 Å². The van der Waals surface area contributed by atoms with Crippen LogP contribution in [0.4, 0.5) is 17.5 Å². The van der Waals surface area contributed by atoms with Crippen molar-refractivity contribution in [1.29, 1.82) is 5.41 Å². The van der Waals surface area contributed by atoms with Crippen LogP contribution in [0.5, 0.6) is 0 Å². The van der Waals surface area contributed by atoms with Crippen LogP contribution in [0.15, 0.2) is 30.5 Å². The Bertz CT molecular complexity index is 888. The third-order valence-electron chi connectivity index (χ3n) is 6.69. The van der Waals surface area contributed by atoms with Crippen molar-refractivity contribution in [2.45, 2.75) is 51.9 Å². The standard InChI is InChI=1S/C26H38N6O/c1-2-3-13-28-26-30-19-23(25(31-26)29-18-20-7-5-4-6-8-20)24(27)21-9-11-22(12-10-21)32-14-16-33-17-15-32/h9-12,19-20,27H,2-8,13-18H2,1H3,(H2,28,29,30,31). The van der Waals surface area contributed by atoms with E-state index in [1.165, 1.54) is 37.8 Å². The lowest BCUT2D eigenvalue weighted by molar-refractivity contribution is 0.122. The van der Waals surface area contributed by atoms with Gasteiger partial charge in [-0.05, 0) is 37.3 Å². The molecular weight excluding hydrogens is 412 g/mol. The van der Waals surface area contributed by atoms with Crippen molar-refractivity contribution in [2.24, 2.45) is 5.92 Å². The van der Waals surface area contributed by atoms with Gasteiger partial charge in [0.15, 0.2) is 0 Å². The van der Waals surface area contributed by atoms with E-state index in [0.717, 1.165) is 69.2 Å². The predicted octanol–water partition coefficient (Wildman–Crippen LogP) is 4.93. The van der Waals surface area contributed by atoms with Crippen LogP contribution in [0.3, 0.4) is 0 Å². The van der Waals surface area contributed by atoms with Gasteiger partial charge >= 0.3 is 0 Å². The maximum Gasteiger partial charge on any atom is 0.224 e. The van der Waals surface area contributed by atoms with Crippen molar-refractivity contribution >= 4 is 23.2 Å². The highest BCUT2D eigenvalue weighted by Crippen LogP contribution is 2.26. The van der Waals surface area contributed by atoms with Gasteiger partial charge in [-0.15, -0.1) is 0 Å². The highest BCUT2D eigenvalue weighted by Gasteiger charge is 2.18. The lowest BCUT2D eigenvalue weighted by Gasteiger charge is -2.29. The van der Waals surface area contributed by atoms with Crippen LogP contribution in [-0.4, -0.2) is 55.1 Å². The van der Waals surface area contributed by atoms with Crippen LogP contribution in [0, 0.1) is 11.3 Å². The Morgan fingerprint density at radius 2 is 1.85 bits per heavy atom. The smallest absolute Gasteiger partial charge is 0.224 e. The average Bonchev–Trinajstić information content (AvgIpc) is 2.88. The molecule has 3 N–H and O–H groups in total. The number of morpholine rings is 1. The molecule has 2 aliphatic rings. The summed E-state index contributed by atoms with van der Waals surface area (Å²) >= 11 is 0. The first kappa shape index (κ1) is 23.5. The molecule has 4 rings (SSSR count). The zero-order valence-electron chi connectivity index (χ0n) is 19.9. The summed E-state index contributed by atoms with van der Waals surface area (Å²) in [6, 6.07) is 8.27. The maximum atomic E-state index is 8.91. The van der Waals surface area contributed by atoms with Gasteiger partial charge in [0.2, 0.25) is 5.95 Å². The zero-order valence-corrected chi connectivity index (χ0v) is 19.9. The van der Waals surface area contributed by atoms with Crippen molar-refractivity contribution < 1.29 is 4.74 Å². The van der Waals surface area contributed by atoms with Crippen LogP contribution in [0.2, 0.25) is 0 Å². The molecule has 2 fully saturated rings. The maximum absolute atomic E-state index is 8.91. The minimum absolute atomic E-state index is 0.453. The summed E-state index contributed by atoms with van der Waals surface area (Å²) in [7, 11) is 0. The van der Waals surface area contributed by atoms with Crippen molar-refractivity contribution in [3.05, 3.63) is 41.6 Å². The van der Waals surface area contributed by atoms with E-state index < -0.39 is 0 Å². The van der Waals surface area contributed by atoms with Gasteiger partial charge < -0.3 is 20.3 Å². The molecule has 33 heavy (non-hydrogen) atoms. The molecule has 2 aromatic rings. The Labute approximate surface area is 197 Å². The first-order valence-electron chi connectivity index (χ1n) is 12.6. The normalized spacial score (nSPS) is 17.1. The number of nitrogens with zero attached hydrogens (tertiary/aromatic N) is 3. The summed E-state index contributed by atoms with van der Waals surface area (Å²) < 4.78 is 5.46. The molecule has 1 aliphatic carbocycles. The van der Waals surface area contributed by atoms with Crippen LogP contribution in [0.1, 0.15) is 63.0 Å². The van der Waals surface area contributed by atoms with Gasteiger partial charge in [0, 0.05) is 43.6 Å². The second-order valence-electron chi connectivity index (χ2n) is 9.14. The predicted molar refractivity (Wildman–Crippen MR) is 136 cm³/mol. The lowest BCUT2D eigenvalue weighted by Crippen LogP contribution is -2.36. The Kier molecular flexibility index (Phi) is 8.53. The monoisotopic (exact) mass is 450 g/mol. The third-order valence-corrected chi connectivity index (χ3v) is 6.69. The average molecular weight is 451 g/mol. The molecule has 0 unspecified atom stereocenters. The lowest BCUT2D eigenvalue weighted by atomic mass is 9.89. The molecule has 1 aliphatic heterocycles. The molecule has 1 aromatic carbocycles. The molecule has 7 nitrogen and oxygen atoms in total. The topological polar surface area (TPSA) is 86.2 Å². The van der Waals surface area contributed by atoms with Gasteiger partial charge in [-0.2, -0.15) is 4.98 Å². The number of benzene rings is 1. The fourth-order valence-corrected chi connectivity index (χ4v) is 4.61. The Morgan fingerprint density at radius 1 is 1.09 bits per heavy atom. The van der Waals surface area contributed by atoms with Gasteiger partial charge in [0.1, 0.15) is 5.82 Å². The van der Waals surface area contributed by atoms with E-state index in [2.05, 4.69) is 39.6 Å². The number of rotatable bonds is 10. The van der Waals surface area contributed by atoms with E-state index in [9.17, 15) is 0 Å². The van der Waals surface area contributed by atoms with Gasteiger partial charge in [0.05, 0.1) is 24.5 Å². The third kappa shape index (κ3) is 6.44. The molecule has 0 radical (unpaired) electrons. The fraction of sp³-hybridized carbons (Fsp3) is 0.577. The molecule has 178 valence electrons. The minimum atomic E-state index is 0.453. The summed E-state index contributed by atoms with van der Waals surface area (Å²) in [6.45, 7) is 7.29. The fourth-order valence-electron chi connectivity index (χ4n) is 4.61. The molecule has 1 saturated heterocycles. The van der Waals surface area contributed by atoms with Crippen LogP contribution in [-0.2, 0) is 4.74 Å². The number of nitrogens with one attached hydrogen (secondary N) is 3.